The quantitative estimate of drug-likeness (QED) is 0.887. The molecule has 0 bridgehead atoms. The number of amides is 1. The van der Waals surface area contributed by atoms with Crippen LogP contribution in [0.25, 0.3) is 10.6 Å². The van der Waals surface area contributed by atoms with Gasteiger partial charge in [0.05, 0.1) is 17.8 Å². The molecule has 0 aliphatic rings. The smallest absolute Gasteiger partial charge is 0.309 e. The summed E-state index contributed by atoms with van der Waals surface area (Å²) >= 11 is 1.37. The predicted molar refractivity (Wildman–Crippen MR) is 77.8 cm³/mol. The van der Waals surface area contributed by atoms with Crippen LogP contribution in [0.15, 0.2) is 29.6 Å². The lowest BCUT2D eigenvalue weighted by molar-refractivity contribution is -0.136. The van der Waals surface area contributed by atoms with Crippen LogP contribution < -0.4 is 5.32 Å². The van der Waals surface area contributed by atoms with Crippen LogP contribution in [-0.4, -0.2) is 22.0 Å². The summed E-state index contributed by atoms with van der Waals surface area (Å²) in [5.74, 6) is -0.978. The van der Waals surface area contributed by atoms with Gasteiger partial charge in [-0.3, -0.25) is 9.59 Å². The number of anilines is 1. The number of rotatable bonds is 5. The number of aromatic nitrogens is 1. The molecule has 0 aliphatic carbocycles. The lowest BCUT2D eigenvalue weighted by Gasteiger charge is -2.08. The van der Waals surface area contributed by atoms with E-state index in [4.69, 9.17) is 5.11 Å². The number of nitrogens with zero attached hydrogens (tertiary/aromatic N) is 1. The highest BCUT2D eigenvalue weighted by molar-refractivity contribution is 7.13. The lowest BCUT2D eigenvalue weighted by Crippen LogP contribution is -2.10. The minimum absolute atomic E-state index is 0.0697. The molecule has 2 rings (SSSR count). The monoisotopic (exact) mass is 290 g/mol. The normalized spacial score (nSPS) is 10.2. The molecule has 0 saturated heterocycles. The Morgan fingerprint density at radius 2 is 2.10 bits per heavy atom. The molecule has 1 heterocycles. The van der Waals surface area contributed by atoms with Crippen LogP contribution in [0.2, 0.25) is 0 Å². The van der Waals surface area contributed by atoms with E-state index in [2.05, 4.69) is 10.3 Å². The van der Waals surface area contributed by atoms with Gasteiger partial charge in [0, 0.05) is 17.4 Å². The van der Waals surface area contributed by atoms with Gasteiger partial charge in [-0.1, -0.05) is 19.1 Å². The summed E-state index contributed by atoms with van der Waals surface area (Å²) in [6, 6.07) is 7.35. The summed E-state index contributed by atoms with van der Waals surface area (Å²) in [5.41, 5.74) is 2.01. The van der Waals surface area contributed by atoms with E-state index < -0.39 is 5.97 Å². The van der Waals surface area contributed by atoms with E-state index in [0.29, 0.717) is 22.8 Å². The highest BCUT2D eigenvalue weighted by atomic mass is 32.1. The number of para-hydroxylation sites is 1. The fourth-order valence-corrected chi connectivity index (χ4v) is 2.54. The Balaban J connectivity index is 2.30. The van der Waals surface area contributed by atoms with Gasteiger partial charge in [-0.2, -0.15) is 0 Å². The Hall–Kier alpha value is -2.21. The second-order valence-electron chi connectivity index (χ2n) is 4.16. The molecule has 0 atom stereocenters. The number of carbonyl (C=O) groups excluding carboxylic acids is 1. The van der Waals surface area contributed by atoms with E-state index in [9.17, 15) is 9.59 Å². The Morgan fingerprint density at radius 1 is 1.35 bits per heavy atom. The molecule has 1 aromatic carbocycles. The van der Waals surface area contributed by atoms with Gasteiger partial charge < -0.3 is 10.4 Å². The van der Waals surface area contributed by atoms with E-state index in [0.717, 1.165) is 5.56 Å². The number of aliphatic carboxylic acids is 1. The number of benzene rings is 1. The Morgan fingerprint density at radius 3 is 2.80 bits per heavy atom. The van der Waals surface area contributed by atoms with Crippen molar-refractivity contribution in [2.24, 2.45) is 0 Å². The zero-order valence-electron chi connectivity index (χ0n) is 10.9. The van der Waals surface area contributed by atoms with Crippen LogP contribution in [0.5, 0.6) is 0 Å². The topological polar surface area (TPSA) is 79.3 Å². The van der Waals surface area contributed by atoms with Crippen molar-refractivity contribution in [2.45, 2.75) is 19.8 Å². The maximum atomic E-state index is 11.5. The zero-order chi connectivity index (χ0) is 14.5. The molecule has 6 heteroatoms. The fraction of sp³-hybridized carbons (Fsp3) is 0.214. The molecule has 0 spiro atoms. The second kappa shape index (κ2) is 6.29. The van der Waals surface area contributed by atoms with Gasteiger partial charge in [-0.15, -0.1) is 11.3 Å². The van der Waals surface area contributed by atoms with Gasteiger partial charge in [0.2, 0.25) is 5.91 Å². The van der Waals surface area contributed by atoms with Crippen molar-refractivity contribution in [1.29, 1.82) is 0 Å². The number of hydrogen-bond donors (Lipinski definition) is 2. The third kappa shape index (κ3) is 3.42. The second-order valence-corrected chi connectivity index (χ2v) is 5.02. The summed E-state index contributed by atoms with van der Waals surface area (Å²) in [7, 11) is 0. The van der Waals surface area contributed by atoms with Crippen molar-refractivity contribution in [1.82, 2.24) is 4.98 Å². The summed E-state index contributed by atoms with van der Waals surface area (Å²) in [4.78, 5) is 26.5. The third-order valence-corrected chi connectivity index (χ3v) is 3.56. The van der Waals surface area contributed by atoms with Gasteiger partial charge >= 0.3 is 5.97 Å². The number of nitrogens with one attached hydrogen (secondary N) is 1. The number of carbonyl (C=O) groups is 2. The Labute approximate surface area is 120 Å². The first-order valence-electron chi connectivity index (χ1n) is 6.15. The summed E-state index contributed by atoms with van der Waals surface area (Å²) in [5, 5.41) is 14.0. The SMILES string of the molecule is CCC(=O)Nc1ccccc1-c1nc(CC(=O)O)cs1. The van der Waals surface area contributed by atoms with E-state index >= 15 is 0 Å². The van der Waals surface area contributed by atoms with Crippen LogP contribution in [0.1, 0.15) is 19.0 Å². The summed E-state index contributed by atoms with van der Waals surface area (Å²) in [6.45, 7) is 1.78. The molecule has 2 N–H and O–H groups in total. The van der Waals surface area contributed by atoms with Crippen molar-refractivity contribution in [3.05, 3.63) is 35.3 Å². The summed E-state index contributed by atoms with van der Waals surface area (Å²) in [6.07, 6.45) is 0.302. The molecular formula is C14H14N2O3S. The van der Waals surface area contributed by atoms with E-state index in [1.165, 1.54) is 11.3 Å². The Kier molecular flexibility index (Phi) is 4.47. The number of carboxylic acids is 1. The first kappa shape index (κ1) is 14.2. The maximum Gasteiger partial charge on any atom is 0.309 e. The molecule has 2 aromatic rings. The minimum atomic E-state index is -0.908. The average Bonchev–Trinajstić information content (AvgIpc) is 2.86. The van der Waals surface area contributed by atoms with E-state index in [1.54, 1.807) is 18.4 Å². The third-order valence-electron chi connectivity index (χ3n) is 2.64. The molecule has 1 aromatic heterocycles. The van der Waals surface area contributed by atoms with E-state index in [1.807, 2.05) is 18.2 Å². The van der Waals surface area contributed by atoms with Crippen LogP contribution in [0.3, 0.4) is 0 Å². The Bertz CT molecular complexity index is 637. The van der Waals surface area contributed by atoms with Crippen molar-refractivity contribution in [3.8, 4) is 10.6 Å². The van der Waals surface area contributed by atoms with Crippen molar-refractivity contribution in [3.63, 3.8) is 0 Å². The zero-order valence-corrected chi connectivity index (χ0v) is 11.7. The number of thiazole rings is 1. The molecule has 0 saturated carbocycles. The average molecular weight is 290 g/mol. The fourth-order valence-electron chi connectivity index (χ4n) is 1.68. The first-order chi connectivity index (χ1) is 9.60. The molecular weight excluding hydrogens is 276 g/mol. The van der Waals surface area contributed by atoms with Gasteiger partial charge in [0.15, 0.2) is 0 Å². The maximum absolute atomic E-state index is 11.5. The van der Waals surface area contributed by atoms with Crippen LogP contribution in [-0.2, 0) is 16.0 Å². The molecule has 0 fully saturated rings. The molecule has 20 heavy (non-hydrogen) atoms. The standard InChI is InChI=1S/C14H14N2O3S/c1-2-12(17)16-11-6-4-3-5-10(11)14-15-9(8-20-14)7-13(18)19/h3-6,8H,2,7H2,1H3,(H,16,17)(H,18,19). The van der Waals surface area contributed by atoms with Crippen LogP contribution in [0.4, 0.5) is 5.69 Å². The van der Waals surface area contributed by atoms with Gasteiger partial charge in [0.1, 0.15) is 5.01 Å². The van der Waals surface area contributed by atoms with Gasteiger partial charge in [0.25, 0.3) is 0 Å². The van der Waals surface area contributed by atoms with Gasteiger partial charge in [-0.25, -0.2) is 4.98 Å². The van der Waals surface area contributed by atoms with Crippen LogP contribution in [0, 0.1) is 0 Å². The van der Waals surface area contributed by atoms with Crippen molar-refractivity contribution >= 4 is 28.9 Å². The van der Waals surface area contributed by atoms with E-state index in [-0.39, 0.29) is 12.3 Å². The van der Waals surface area contributed by atoms with Crippen molar-refractivity contribution in [2.75, 3.05) is 5.32 Å². The highest BCUT2D eigenvalue weighted by Crippen LogP contribution is 2.30. The minimum Gasteiger partial charge on any atom is -0.481 e. The summed E-state index contributed by atoms with van der Waals surface area (Å²) < 4.78 is 0. The molecule has 104 valence electrons. The molecule has 1 amide bonds. The number of hydrogen-bond acceptors (Lipinski definition) is 4. The molecule has 0 unspecified atom stereocenters. The first-order valence-corrected chi connectivity index (χ1v) is 7.03. The van der Waals surface area contributed by atoms with Crippen LogP contribution >= 0.6 is 11.3 Å². The predicted octanol–water partition coefficient (Wildman–Crippen LogP) is 2.79. The lowest BCUT2D eigenvalue weighted by atomic mass is 10.2. The number of carboxylic acid groups (broad SMARTS) is 1. The van der Waals surface area contributed by atoms with Crippen molar-refractivity contribution < 1.29 is 14.7 Å². The van der Waals surface area contributed by atoms with Gasteiger partial charge in [-0.05, 0) is 12.1 Å². The highest BCUT2D eigenvalue weighted by Gasteiger charge is 2.12. The molecule has 0 radical (unpaired) electrons. The molecule has 5 nitrogen and oxygen atoms in total. The molecule has 0 aliphatic heterocycles. The largest absolute Gasteiger partial charge is 0.481 e.